The number of hydrogen-bond acceptors (Lipinski definition) is 4. The molecule has 0 aliphatic carbocycles. The summed E-state index contributed by atoms with van der Waals surface area (Å²) in [4.78, 5) is 4.25. The van der Waals surface area contributed by atoms with Crippen molar-refractivity contribution >= 4 is 11.3 Å². The van der Waals surface area contributed by atoms with Gasteiger partial charge in [0.15, 0.2) is 0 Å². The Morgan fingerprint density at radius 3 is 2.71 bits per heavy atom. The lowest BCUT2D eigenvalue weighted by molar-refractivity contribution is 0.0427. The summed E-state index contributed by atoms with van der Waals surface area (Å²) >= 11 is 1.62. The van der Waals surface area contributed by atoms with Crippen LogP contribution in [0.2, 0.25) is 0 Å². The zero-order valence-corrected chi connectivity index (χ0v) is 11.3. The van der Waals surface area contributed by atoms with Crippen molar-refractivity contribution in [3.05, 3.63) is 21.9 Å². The van der Waals surface area contributed by atoms with Gasteiger partial charge in [-0.2, -0.15) is 0 Å². The quantitative estimate of drug-likeness (QED) is 0.795. The number of nitrogens with zero attached hydrogens (tertiary/aromatic N) is 1. The van der Waals surface area contributed by atoms with Gasteiger partial charge in [-0.05, 0) is 33.0 Å². The summed E-state index contributed by atoms with van der Waals surface area (Å²) in [6.45, 7) is 4.93. The highest BCUT2D eigenvalue weighted by Gasteiger charge is 2.15. The van der Waals surface area contributed by atoms with E-state index in [2.05, 4.69) is 16.7 Å². The van der Waals surface area contributed by atoms with Crippen LogP contribution in [0.3, 0.4) is 0 Å². The summed E-state index contributed by atoms with van der Waals surface area (Å²) in [6, 6.07) is 3.99. The minimum absolute atomic E-state index is 0.105. The largest absolute Gasteiger partial charge is 0.389 e. The van der Waals surface area contributed by atoms with Gasteiger partial charge in [0.2, 0.25) is 0 Å². The lowest BCUT2D eigenvalue weighted by atomic mass is 10.1. The minimum atomic E-state index is -0.675. The van der Waals surface area contributed by atoms with E-state index < -0.39 is 5.60 Å². The van der Waals surface area contributed by atoms with E-state index in [-0.39, 0.29) is 6.61 Å². The fourth-order valence-corrected chi connectivity index (χ4v) is 2.60. The summed E-state index contributed by atoms with van der Waals surface area (Å²) in [6.07, 6.45) is 0. The molecule has 1 heterocycles. The molecule has 0 aliphatic rings. The highest BCUT2D eigenvalue weighted by atomic mass is 32.1. The molecule has 0 bridgehead atoms. The molecule has 0 amide bonds. The van der Waals surface area contributed by atoms with Crippen molar-refractivity contribution in [3.63, 3.8) is 0 Å². The first-order chi connectivity index (χ1) is 7.90. The molecule has 2 N–H and O–H groups in total. The van der Waals surface area contributed by atoms with Crippen molar-refractivity contribution in [2.24, 2.45) is 0 Å². The smallest absolute Gasteiger partial charge is 0.104 e. The summed E-state index contributed by atoms with van der Waals surface area (Å²) < 4.78 is 0. The second kappa shape index (κ2) is 6.18. The molecule has 0 spiro atoms. The molecule has 1 aromatic rings. The van der Waals surface area contributed by atoms with Crippen molar-refractivity contribution < 1.29 is 10.2 Å². The molecule has 17 heavy (non-hydrogen) atoms. The predicted molar refractivity (Wildman–Crippen MR) is 70.9 cm³/mol. The van der Waals surface area contributed by atoms with Gasteiger partial charge in [-0.15, -0.1) is 11.3 Å². The van der Waals surface area contributed by atoms with Crippen LogP contribution in [0.1, 0.15) is 23.6 Å². The highest BCUT2D eigenvalue weighted by Crippen LogP contribution is 2.17. The fraction of sp³-hybridized carbons (Fsp3) is 0.538. The van der Waals surface area contributed by atoms with Gasteiger partial charge in [0.05, 0.1) is 10.5 Å². The monoisotopic (exact) mass is 253 g/mol. The summed E-state index contributed by atoms with van der Waals surface area (Å²) in [5.41, 5.74) is -0.675. The molecule has 0 atom stereocenters. The molecule has 1 rings (SSSR count). The Bertz CT molecular complexity index is 409. The fourth-order valence-electron chi connectivity index (χ4n) is 1.64. The number of likely N-dealkylation sites (N-methyl/N-ethyl adjacent to an activating group) is 1. The van der Waals surface area contributed by atoms with E-state index in [1.165, 1.54) is 4.88 Å². The molecule has 0 aliphatic heterocycles. The van der Waals surface area contributed by atoms with Crippen molar-refractivity contribution in [3.8, 4) is 11.8 Å². The maximum absolute atomic E-state index is 9.70. The van der Waals surface area contributed by atoms with Gasteiger partial charge in [-0.25, -0.2) is 0 Å². The summed E-state index contributed by atoms with van der Waals surface area (Å²) in [5.74, 6) is 5.52. The zero-order valence-electron chi connectivity index (χ0n) is 10.5. The molecule has 0 saturated carbocycles. The third-order valence-electron chi connectivity index (χ3n) is 2.03. The number of rotatable bonds is 4. The maximum Gasteiger partial charge on any atom is 0.104 e. The van der Waals surface area contributed by atoms with Crippen LogP contribution in [0, 0.1) is 11.8 Å². The molecular weight excluding hydrogens is 234 g/mol. The predicted octanol–water partition coefficient (Wildman–Crippen LogP) is 1.29. The Morgan fingerprint density at radius 1 is 1.41 bits per heavy atom. The van der Waals surface area contributed by atoms with E-state index in [0.717, 1.165) is 11.4 Å². The van der Waals surface area contributed by atoms with E-state index in [9.17, 15) is 5.11 Å². The average molecular weight is 253 g/mol. The minimum Gasteiger partial charge on any atom is -0.389 e. The van der Waals surface area contributed by atoms with Crippen molar-refractivity contribution in [1.29, 1.82) is 0 Å². The van der Waals surface area contributed by atoms with Crippen LogP contribution in [0.25, 0.3) is 0 Å². The number of aliphatic hydroxyl groups is 2. The normalized spacial score (nSPS) is 11.4. The van der Waals surface area contributed by atoms with Crippen molar-refractivity contribution in [2.75, 3.05) is 20.2 Å². The van der Waals surface area contributed by atoms with Crippen molar-refractivity contribution in [2.45, 2.75) is 26.0 Å². The number of thiophene rings is 1. The van der Waals surface area contributed by atoms with E-state index in [1.807, 2.05) is 19.2 Å². The highest BCUT2D eigenvalue weighted by molar-refractivity contribution is 7.12. The molecular formula is C13H19NO2S. The molecule has 0 saturated heterocycles. The Kier molecular flexibility index (Phi) is 5.16. The third-order valence-corrected chi connectivity index (χ3v) is 3.02. The van der Waals surface area contributed by atoms with Crippen LogP contribution in [0.4, 0.5) is 0 Å². The SMILES string of the molecule is CN(Cc1ccc(C#CCO)s1)CC(C)(C)O. The molecule has 4 heteroatoms. The molecule has 0 aromatic carbocycles. The Balaban J connectivity index is 2.54. The van der Waals surface area contributed by atoms with Gasteiger partial charge in [-0.3, -0.25) is 4.90 Å². The first-order valence-electron chi connectivity index (χ1n) is 5.50. The van der Waals surface area contributed by atoms with Crippen LogP contribution in [-0.2, 0) is 6.54 Å². The second-order valence-electron chi connectivity index (χ2n) is 4.71. The molecule has 0 unspecified atom stereocenters. The average Bonchev–Trinajstić information content (AvgIpc) is 2.59. The number of hydrogen-bond donors (Lipinski definition) is 2. The summed E-state index contributed by atoms with van der Waals surface area (Å²) in [5, 5.41) is 18.3. The Labute approximate surface area is 107 Å². The Hall–Kier alpha value is -0.860. The summed E-state index contributed by atoms with van der Waals surface area (Å²) in [7, 11) is 1.98. The van der Waals surface area contributed by atoms with Gasteiger partial charge in [-0.1, -0.05) is 11.8 Å². The van der Waals surface area contributed by atoms with Gasteiger partial charge in [0.1, 0.15) is 6.61 Å². The molecule has 0 radical (unpaired) electrons. The lowest BCUT2D eigenvalue weighted by Gasteiger charge is -2.24. The van der Waals surface area contributed by atoms with Gasteiger partial charge >= 0.3 is 0 Å². The van der Waals surface area contributed by atoms with Crippen LogP contribution >= 0.6 is 11.3 Å². The van der Waals surface area contributed by atoms with Gasteiger partial charge < -0.3 is 10.2 Å². The second-order valence-corrected chi connectivity index (χ2v) is 5.88. The first-order valence-corrected chi connectivity index (χ1v) is 6.32. The van der Waals surface area contributed by atoms with Crippen LogP contribution in [0.5, 0.6) is 0 Å². The van der Waals surface area contributed by atoms with Gasteiger partial charge in [0, 0.05) is 18.0 Å². The van der Waals surface area contributed by atoms with E-state index in [4.69, 9.17) is 5.11 Å². The van der Waals surface area contributed by atoms with E-state index >= 15 is 0 Å². The molecule has 1 aromatic heterocycles. The van der Waals surface area contributed by atoms with Crippen LogP contribution < -0.4 is 0 Å². The standard InChI is InChI=1S/C13H19NO2S/c1-13(2,16)10-14(3)9-12-7-6-11(17-12)5-4-8-15/h6-7,15-16H,8-10H2,1-3H3. The molecule has 0 fully saturated rings. The maximum atomic E-state index is 9.70. The molecule has 94 valence electrons. The molecule has 3 nitrogen and oxygen atoms in total. The topological polar surface area (TPSA) is 43.7 Å². The van der Waals surface area contributed by atoms with E-state index in [1.54, 1.807) is 25.2 Å². The Morgan fingerprint density at radius 2 is 2.12 bits per heavy atom. The first kappa shape index (κ1) is 14.2. The van der Waals surface area contributed by atoms with Crippen molar-refractivity contribution in [1.82, 2.24) is 4.90 Å². The zero-order chi connectivity index (χ0) is 12.9. The van der Waals surface area contributed by atoms with Crippen LogP contribution in [0.15, 0.2) is 12.1 Å². The van der Waals surface area contributed by atoms with Crippen LogP contribution in [-0.4, -0.2) is 40.9 Å². The van der Waals surface area contributed by atoms with Gasteiger partial charge in [0.25, 0.3) is 0 Å². The lowest BCUT2D eigenvalue weighted by Crippen LogP contribution is -2.35. The number of aliphatic hydroxyl groups excluding tert-OH is 1. The van der Waals surface area contributed by atoms with E-state index in [0.29, 0.717) is 6.54 Å². The third kappa shape index (κ3) is 5.85.